The molecule has 0 heterocycles. The molecule has 0 aliphatic heterocycles. The summed E-state index contributed by atoms with van der Waals surface area (Å²) in [6.07, 6.45) is 9.74. The summed E-state index contributed by atoms with van der Waals surface area (Å²) in [6, 6.07) is 3.18. The van der Waals surface area contributed by atoms with E-state index in [9.17, 15) is 8.78 Å². The van der Waals surface area contributed by atoms with Crippen molar-refractivity contribution in [3.8, 4) is 0 Å². The van der Waals surface area contributed by atoms with Gasteiger partial charge in [-0.1, -0.05) is 39.5 Å². The maximum absolute atomic E-state index is 14.1. The van der Waals surface area contributed by atoms with Gasteiger partial charge in [0.1, 0.15) is 11.6 Å². The molecule has 0 radical (unpaired) electrons. The topological polar surface area (TPSA) is 0 Å². The monoisotopic (exact) mass is 294 g/mol. The molecule has 1 aromatic rings. The van der Waals surface area contributed by atoms with E-state index in [0.717, 1.165) is 30.7 Å². The summed E-state index contributed by atoms with van der Waals surface area (Å²) in [4.78, 5) is 0. The minimum atomic E-state index is -0.347. The second-order valence-corrected chi connectivity index (χ2v) is 6.57. The van der Waals surface area contributed by atoms with Crippen LogP contribution in [0.3, 0.4) is 0 Å². The van der Waals surface area contributed by atoms with E-state index in [1.54, 1.807) is 12.1 Å². The van der Waals surface area contributed by atoms with E-state index in [2.05, 4.69) is 6.92 Å². The molecule has 1 aliphatic carbocycles. The van der Waals surface area contributed by atoms with Gasteiger partial charge in [-0.3, -0.25) is 0 Å². The molecule has 1 saturated carbocycles. The number of halogens is 2. The van der Waals surface area contributed by atoms with Crippen LogP contribution in [0.4, 0.5) is 8.78 Å². The zero-order valence-electron chi connectivity index (χ0n) is 13.4. The van der Waals surface area contributed by atoms with Gasteiger partial charge in [-0.15, -0.1) is 0 Å². The fourth-order valence-electron chi connectivity index (χ4n) is 3.62. The van der Waals surface area contributed by atoms with Gasteiger partial charge in [-0.2, -0.15) is 0 Å². The minimum Gasteiger partial charge on any atom is -0.207 e. The highest BCUT2D eigenvalue weighted by molar-refractivity contribution is 5.29. The summed E-state index contributed by atoms with van der Waals surface area (Å²) in [5.74, 6) is 0.484. The van der Waals surface area contributed by atoms with Crippen LogP contribution in [-0.2, 0) is 6.42 Å². The molecule has 0 unspecified atom stereocenters. The Morgan fingerprint density at radius 1 is 0.952 bits per heavy atom. The molecule has 1 aromatic carbocycles. The molecule has 21 heavy (non-hydrogen) atoms. The first-order valence-corrected chi connectivity index (χ1v) is 8.63. The zero-order chi connectivity index (χ0) is 15.2. The lowest BCUT2D eigenvalue weighted by atomic mass is 9.77. The third-order valence-corrected chi connectivity index (χ3v) is 4.95. The molecule has 118 valence electrons. The maximum Gasteiger partial charge on any atom is 0.129 e. The molecular formula is C19H28F2. The van der Waals surface area contributed by atoms with E-state index in [4.69, 9.17) is 0 Å². The van der Waals surface area contributed by atoms with E-state index in [-0.39, 0.29) is 17.2 Å². The number of hydrogen-bond acceptors (Lipinski definition) is 0. The number of benzene rings is 1. The fraction of sp³-hybridized carbons (Fsp3) is 0.684. The standard InChI is InChI=1S/C19H28F2/c1-3-5-7-14-8-10-15(11-9-14)16-12-18(20)17(6-4-2)19(21)13-16/h12-15H,3-11H2,1-2H3. The molecule has 2 heteroatoms. The fourth-order valence-corrected chi connectivity index (χ4v) is 3.62. The predicted octanol–water partition coefficient (Wildman–Crippen LogP) is 6.38. The summed E-state index contributed by atoms with van der Waals surface area (Å²) in [5, 5.41) is 0. The van der Waals surface area contributed by atoms with Crippen molar-refractivity contribution >= 4 is 0 Å². The molecule has 0 spiro atoms. The molecule has 0 amide bonds. The number of hydrogen-bond donors (Lipinski definition) is 0. The molecule has 0 bridgehead atoms. The van der Waals surface area contributed by atoms with E-state index in [0.29, 0.717) is 12.3 Å². The molecular weight excluding hydrogens is 266 g/mol. The van der Waals surface area contributed by atoms with Crippen molar-refractivity contribution < 1.29 is 8.78 Å². The van der Waals surface area contributed by atoms with Gasteiger partial charge < -0.3 is 0 Å². The Hall–Kier alpha value is -0.920. The van der Waals surface area contributed by atoms with Crippen LogP contribution in [0.5, 0.6) is 0 Å². The van der Waals surface area contributed by atoms with Crippen LogP contribution in [0.15, 0.2) is 12.1 Å². The quantitative estimate of drug-likeness (QED) is 0.571. The van der Waals surface area contributed by atoms with Gasteiger partial charge in [-0.05, 0) is 61.6 Å². The van der Waals surface area contributed by atoms with Crippen LogP contribution in [0.2, 0.25) is 0 Å². The Morgan fingerprint density at radius 3 is 2.10 bits per heavy atom. The average Bonchev–Trinajstić information content (AvgIpc) is 2.49. The van der Waals surface area contributed by atoms with Crippen LogP contribution in [-0.4, -0.2) is 0 Å². The molecule has 1 fully saturated rings. The van der Waals surface area contributed by atoms with Crippen LogP contribution in [0, 0.1) is 17.6 Å². The number of rotatable bonds is 6. The van der Waals surface area contributed by atoms with Crippen molar-refractivity contribution in [3.63, 3.8) is 0 Å². The van der Waals surface area contributed by atoms with Gasteiger partial charge in [-0.25, -0.2) is 8.78 Å². The molecule has 1 aliphatic rings. The molecule has 0 nitrogen and oxygen atoms in total. The summed E-state index contributed by atoms with van der Waals surface area (Å²) in [7, 11) is 0. The highest BCUT2D eigenvalue weighted by Crippen LogP contribution is 2.38. The molecule has 0 saturated heterocycles. The molecule has 0 N–H and O–H groups in total. The lowest BCUT2D eigenvalue weighted by Crippen LogP contribution is -2.14. The lowest BCUT2D eigenvalue weighted by Gasteiger charge is -2.29. The normalized spacial score (nSPS) is 22.5. The van der Waals surface area contributed by atoms with Gasteiger partial charge in [0.15, 0.2) is 0 Å². The van der Waals surface area contributed by atoms with Crippen LogP contribution < -0.4 is 0 Å². The van der Waals surface area contributed by atoms with Gasteiger partial charge in [0.2, 0.25) is 0 Å². The first-order chi connectivity index (χ1) is 10.2. The molecule has 0 aromatic heterocycles. The Kier molecular flexibility index (Phi) is 6.20. The minimum absolute atomic E-state index is 0.262. The maximum atomic E-state index is 14.1. The van der Waals surface area contributed by atoms with Crippen LogP contribution >= 0.6 is 0 Å². The van der Waals surface area contributed by atoms with Crippen molar-refractivity contribution in [2.45, 2.75) is 77.6 Å². The Bertz CT molecular complexity index is 422. The molecule has 0 atom stereocenters. The Morgan fingerprint density at radius 2 is 1.57 bits per heavy atom. The van der Waals surface area contributed by atoms with E-state index >= 15 is 0 Å². The van der Waals surface area contributed by atoms with Gasteiger partial charge in [0.25, 0.3) is 0 Å². The highest BCUT2D eigenvalue weighted by Gasteiger charge is 2.23. The smallest absolute Gasteiger partial charge is 0.129 e. The third-order valence-electron chi connectivity index (χ3n) is 4.95. The van der Waals surface area contributed by atoms with Crippen molar-refractivity contribution in [1.29, 1.82) is 0 Å². The highest BCUT2D eigenvalue weighted by atomic mass is 19.1. The van der Waals surface area contributed by atoms with Gasteiger partial charge in [0, 0.05) is 5.56 Å². The van der Waals surface area contributed by atoms with E-state index in [1.807, 2.05) is 6.92 Å². The van der Waals surface area contributed by atoms with Crippen molar-refractivity contribution in [1.82, 2.24) is 0 Å². The average molecular weight is 294 g/mol. The summed E-state index contributed by atoms with van der Waals surface area (Å²) in [6.45, 7) is 4.18. The van der Waals surface area contributed by atoms with E-state index < -0.39 is 0 Å². The van der Waals surface area contributed by atoms with Crippen LogP contribution in [0.1, 0.15) is 82.3 Å². The first-order valence-electron chi connectivity index (χ1n) is 8.63. The van der Waals surface area contributed by atoms with E-state index in [1.165, 1.54) is 32.1 Å². The SMILES string of the molecule is CCCCC1CCC(c2cc(F)c(CCC)c(F)c2)CC1. The lowest BCUT2D eigenvalue weighted by molar-refractivity contribution is 0.303. The summed E-state index contributed by atoms with van der Waals surface area (Å²) >= 11 is 0. The van der Waals surface area contributed by atoms with Gasteiger partial charge >= 0.3 is 0 Å². The summed E-state index contributed by atoms with van der Waals surface area (Å²) < 4.78 is 28.1. The second kappa shape index (κ2) is 7.91. The van der Waals surface area contributed by atoms with Gasteiger partial charge in [0.05, 0.1) is 0 Å². The van der Waals surface area contributed by atoms with Crippen molar-refractivity contribution in [3.05, 3.63) is 34.9 Å². The van der Waals surface area contributed by atoms with Crippen molar-refractivity contribution in [2.75, 3.05) is 0 Å². The van der Waals surface area contributed by atoms with Crippen molar-refractivity contribution in [2.24, 2.45) is 5.92 Å². The van der Waals surface area contributed by atoms with Crippen LogP contribution in [0.25, 0.3) is 0 Å². The Labute approximate surface area is 128 Å². The number of unbranched alkanes of at least 4 members (excludes halogenated alkanes) is 1. The largest absolute Gasteiger partial charge is 0.207 e. The second-order valence-electron chi connectivity index (χ2n) is 6.57. The zero-order valence-corrected chi connectivity index (χ0v) is 13.4. The first kappa shape index (κ1) is 16.5. The Balaban J connectivity index is 2.00. The predicted molar refractivity (Wildman–Crippen MR) is 84.6 cm³/mol. The summed E-state index contributed by atoms with van der Waals surface area (Å²) in [5.41, 5.74) is 1.14. The molecule has 2 rings (SSSR count). The third kappa shape index (κ3) is 4.28.